The molecule has 5 N–H and O–H groups in total. The molecule has 0 aliphatic rings. The Morgan fingerprint density at radius 1 is 0.841 bits per heavy atom. The second-order valence-electron chi connectivity index (χ2n) is 11.0. The summed E-state index contributed by atoms with van der Waals surface area (Å²) in [4.78, 5) is 31.9. The average Bonchev–Trinajstić information content (AvgIpc) is 3.39. The maximum absolute atomic E-state index is 12.3. The summed E-state index contributed by atoms with van der Waals surface area (Å²) >= 11 is 0. The predicted octanol–water partition coefficient (Wildman–Crippen LogP) is 5.95. The molecular weight excluding hydrogens is 612 g/mol. The maximum Gasteiger partial charge on any atom is 0.479 e. The van der Waals surface area contributed by atoms with Crippen molar-refractivity contribution in [3.05, 3.63) is 12.7 Å². The summed E-state index contributed by atoms with van der Waals surface area (Å²) in [6.45, 7) is 2.49. The van der Waals surface area contributed by atoms with E-state index < -0.39 is 34.5 Å². The second kappa shape index (κ2) is 22.1. The van der Waals surface area contributed by atoms with Crippen molar-refractivity contribution in [3.63, 3.8) is 0 Å². The van der Waals surface area contributed by atoms with E-state index >= 15 is 0 Å². The van der Waals surface area contributed by atoms with Gasteiger partial charge in [-0.3, -0.25) is 9.09 Å². The molecule has 14 nitrogen and oxygen atoms in total. The number of imidazole rings is 1. The van der Waals surface area contributed by atoms with Crippen molar-refractivity contribution in [2.24, 2.45) is 0 Å². The predicted molar refractivity (Wildman–Crippen MR) is 169 cm³/mol. The molecule has 0 saturated heterocycles. The second-order valence-corrected chi connectivity index (χ2v) is 14.4. The summed E-state index contributed by atoms with van der Waals surface area (Å²) in [6, 6.07) is 0. The van der Waals surface area contributed by atoms with Crippen molar-refractivity contribution >= 4 is 32.4 Å². The van der Waals surface area contributed by atoms with Crippen LogP contribution in [0.5, 0.6) is 0 Å². The summed E-state index contributed by atoms with van der Waals surface area (Å²) in [7, 11) is -9.52. The molecule has 2 aromatic heterocycles. The van der Waals surface area contributed by atoms with Crippen molar-refractivity contribution in [2.45, 2.75) is 116 Å². The first-order valence-electron chi connectivity index (χ1n) is 15.9. The summed E-state index contributed by atoms with van der Waals surface area (Å²) in [5.41, 5.74) is 6.51. The van der Waals surface area contributed by atoms with Crippen LogP contribution in [0.2, 0.25) is 0 Å². The normalized spacial score (nSPS) is 15.4. The number of nitrogen functional groups attached to an aromatic ring is 1. The highest BCUT2D eigenvalue weighted by Gasteiger charge is 2.34. The van der Waals surface area contributed by atoms with Gasteiger partial charge < -0.3 is 34.7 Å². The van der Waals surface area contributed by atoms with Gasteiger partial charge in [0.1, 0.15) is 18.2 Å². The van der Waals surface area contributed by atoms with Crippen molar-refractivity contribution in [1.29, 1.82) is 0 Å². The van der Waals surface area contributed by atoms with Gasteiger partial charge in [-0.15, -0.1) is 0 Å². The first-order chi connectivity index (χ1) is 21.2. The van der Waals surface area contributed by atoms with Gasteiger partial charge >= 0.3 is 15.4 Å². The number of hydrogen-bond donors (Lipinski definition) is 4. The van der Waals surface area contributed by atoms with Gasteiger partial charge in [0.2, 0.25) is 0 Å². The molecule has 2 rings (SSSR count). The lowest BCUT2D eigenvalue weighted by molar-refractivity contribution is 0.0198. The van der Waals surface area contributed by atoms with Gasteiger partial charge in [0.15, 0.2) is 11.5 Å². The largest absolute Gasteiger partial charge is 0.479 e. The molecule has 2 heterocycles. The minimum absolute atomic E-state index is 0.0100. The van der Waals surface area contributed by atoms with Crippen LogP contribution in [0.25, 0.3) is 11.2 Å². The van der Waals surface area contributed by atoms with Crippen LogP contribution in [0, 0.1) is 0 Å². The van der Waals surface area contributed by atoms with Crippen molar-refractivity contribution in [1.82, 2.24) is 19.5 Å². The van der Waals surface area contributed by atoms with E-state index in [1.165, 1.54) is 94.3 Å². The number of nitrogens with zero attached hydrogens (tertiary/aromatic N) is 4. The van der Waals surface area contributed by atoms with Crippen LogP contribution in [0.15, 0.2) is 12.7 Å². The average molecular weight is 666 g/mol. The first kappa shape index (κ1) is 38.7. The Kier molecular flexibility index (Phi) is 19.5. The van der Waals surface area contributed by atoms with Gasteiger partial charge in [-0.2, -0.15) is 0 Å². The summed E-state index contributed by atoms with van der Waals surface area (Å²) in [6.07, 6.45) is 19.1. The number of ether oxygens (including phenoxy) is 2. The monoisotopic (exact) mass is 665 g/mol. The van der Waals surface area contributed by atoms with E-state index in [0.717, 1.165) is 12.8 Å². The Morgan fingerprint density at radius 2 is 1.43 bits per heavy atom. The van der Waals surface area contributed by atoms with Crippen LogP contribution in [0.3, 0.4) is 0 Å². The summed E-state index contributed by atoms with van der Waals surface area (Å²) in [5, 5.41) is 9.64. The number of aliphatic hydroxyl groups is 1. The Bertz CT molecular complexity index is 1140. The minimum atomic E-state index is -4.83. The molecule has 3 atom stereocenters. The molecule has 254 valence electrons. The molecule has 0 amide bonds. The zero-order valence-corrected chi connectivity index (χ0v) is 27.9. The van der Waals surface area contributed by atoms with Gasteiger partial charge in [-0.25, -0.2) is 23.8 Å². The van der Waals surface area contributed by atoms with E-state index in [-0.39, 0.29) is 19.0 Å². The number of phosphoric acid groups is 1. The van der Waals surface area contributed by atoms with Crippen LogP contribution >= 0.6 is 15.4 Å². The highest BCUT2D eigenvalue weighted by atomic mass is 31.3. The first-order valence-corrected chi connectivity index (χ1v) is 19.1. The molecule has 0 radical (unpaired) electrons. The zero-order chi connectivity index (χ0) is 32.1. The number of fused-ring (bicyclic) bond motifs is 1. The maximum atomic E-state index is 12.3. The lowest BCUT2D eigenvalue weighted by Crippen LogP contribution is -2.24. The molecule has 0 fully saturated rings. The van der Waals surface area contributed by atoms with E-state index in [4.69, 9.17) is 19.7 Å². The summed E-state index contributed by atoms with van der Waals surface area (Å²) in [5.74, 6) is 0.179. The third-order valence-corrected chi connectivity index (χ3v) is 9.90. The van der Waals surface area contributed by atoms with Crippen LogP contribution in [0.1, 0.15) is 103 Å². The van der Waals surface area contributed by atoms with Crippen LogP contribution < -0.4 is 5.73 Å². The van der Waals surface area contributed by atoms with Gasteiger partial charge in [0.05, 0.1) is 32.2 Å². The van der Waals surface area contributed by atoms with Crippen LogP contribution in [-0.2, 0) is 34.0 Å². The molecule has 0 aliphatic carbocycles. The number of aliphatic hydroxyl groups excluding tert-OH is 1. The highest BCUT2D eigenvalue weighted by molar-refractivity contribution is 7.63. The SMILES string of the molecule is CCCCCCCCCCCCCCCCOCCCOP(=O)(O)OP(=O)(O)CO[C@H](CO)Cn1cnc2c(N)ncnc21. The summed E-state index contributed by atoms with van der Waals surface area (Å²) < 4.78 is 46.1. The van der Waals surface area contributed by atoms with E-state index in [1.54, 1.807) is 0 Å². The number of nitrogens with two attached hydrogens (primary N) is 1. The molecule has 44 heavy (non-hydrogen) atoms. The van der Waals surface area contributed by atoms with Crippen molar-refractivity contribution < 1.29 is 42.3 Å². The molecule has 0 saturated carbocycles. The Balaban J connectivity index is 1.48. The van der Waals surface area contributed by atoms with Crippen molar-refractivity contribution in [2.75, 3.05) is 38.5 Å². The van der Waals surface area contributed by atoms with Gasteiger partial charge in [0.25, 0.3) is 0 Å². The third kappa shape index (κ3) is 16.7. The van der Waals surface area contributed by atoms with Gasteiger partial charge in [-0.1, -0.05) is 90.4 Å². The number of anilines is 1. The van der Waals surface area contributed by atoms with E-state index in [1.807, 2.05) is 0 Å². The number of hydrogen-bond acceptors (Lipinski definition) is 11. The fraction of sp³-hybridized carbons (Fsp3) is 0.821. The molecule has 0 bridgehead atoms. The number of rotatable bonds is 28. The number of aromatic nitrogens is 4. The molecular formula is C28H53N5O9P2. The number of unbranched alkanes of at least 4 members (excludes halogenated alkanes) is 13. The van der Waals surface area contributed by atoms with Crippen LogP contribution in [-0.4, -0.2) is 73.3 Å². The highest BCUT2D eigenvalue weighted by Crippen LogP contribution is 2.59. The smallest absolute Gasteiger partial charge is 0.394 e. The van der Waals surface area contributed by atoms with E-state index in [0.29, 0.717) is 30.8 Å². The Morgan fingerprint density at radius 3 is 2.05 bits per heavy atom. The molecule has 0 spiro atoms. The topological polar surface area (TPSA) is 201 Å². The Hall–Kier alpha value is -1.47. The number of phosphoric ester groups is 1. The molecule has 0 aliphatic heterocycles. The van der Waals surface area contributed by atoms with Crippen molar-refractivity contribution in [3.8, 4) is 0 Å². The third-order valence-electron chi connectivity index (χ3n) is 7.07. The molecule has 2 aromatic rings. The lowest BCUT2D eigenvalue weighted by atomic mass is 10.0. The zero-order valence-electron chi connectivity index (χ0n) is 26.1. The molecule has 2 unspecified atom stereocenters. The van der Waals surface area contributed by atoms with Gasteiger partial charge in [-0.05, 0) is 12.8 Å². The molecule has 0 aromatic carbocycles. The fourth-order valence-electron chi connectivity index (χ4n) is 4.66. The van der Waals surface area contributed by atoms with Crippen LogP contribution in [0.4, 0.5) is 5.82 Å². The minimum Gasteiger partial charge on any atom is -0.394 e. The Labute approximate surface area is 261 Å². The fourth-order valence-corrected chi connectivity index (χ4v) is 7.09. The van der Waals surface area contributed by atoms with Gasteiger partial charge in [0, 0.05) is 13.2 Å². The quantitative estimate of drug-likeness (QED) is 0.0614. The lowest BCUT2D eigenvalue weighted by Gasteiger charge is -2.20. The molecule has 16 heteroatoms. The van der Waals surface area contributed by atoms with E-state index in [2.05, 4.69) is 26.2 Å². The standard InChI is InChI=1S/C28H53N5O9P2/c1-2-3-4-5-6-7-8-9-10-11-12-13-14-15-17-39-18-16-19-41-44(37,38)42-43(35,36)24-40-25(21-34)20-33-23-32-26-27(29)30-22-31-28(26)33/h22-23,25,34H,2-21,24H2,1H3,(H,35,36)(H,37,38)(H2,29,30,31)/t25-/m0/s1. The van der Waals surface area contributed by atoms with E-state index in [9.17, 15) is 24.0 Å².